The summed E-state index contributed by atoms with van der Waals surface area (Å²) in [5, 5.41) is 8.38. The van der Waals surface area contributed by atoms with E-state index in [0.29, 0.717) is 0 Å². The quantitative estimate of drug-likeness (QED) is 0.406. The molecule has 3 N–H and O–H groups in total. The molecule has 4 aromatic rings. The van der Waals surface area contributed by atoms with Crippen molar-refractivity contribution in [2.75, 3.05) is 17.2 Å². The van der Waals surface area contributed by atoms with Gasteiger partial charge in [0.25, 0.3) is 0 Å². The van der Waals surface area contributed by atoms with Crippen LogP contribution < -0.4 is 10.6 Å². The van der Waals surface area contributed by atoms with Crippen LogP contribution in [0.25, 0.3) is 10.9 Å². The van der Waals surface area contributed by atoms with Gasteiger partial charge in [-0.15, -0.1) is 0 Å². The van der Waals surface area contributed by atoms with Gasteiger partial charge in [0.2, 0.25) is 0 Å². The predicted molar refractivity (Wildman–Crippen MR) is 119 cm³/mol. The Morgan fingerprint density at radius 3 is 2.50 bits per heavy atom. The van der Waals surface area contributed by atoms with Gasteiger partial charge in [-0.05, 0) is 34.9 Å². The van der Waals surface area contributed by atoms with Crippen molar-refractivity contribution in [2.24, 2.45) is 0 Å². The van der Waals surface area contributed by atoms with Crippen molar-refractivity contribution < 1.29 is 0 Å². The van der Waals surface area contributed by atoms with Gasteiger partial charge in [-0.1, -0.05) is 66.8 Å². The van der Waals surface area contributed by atoms with Gasteiger partial charge in [-0.25, -0.2) is 0 Å². The molecule has 2 aliphatic rings. The Labute approximate surface area is 168 Å². The third-order valence-electron chi connectivity index (χ3n) is 6.33. The molecule has 0 bridgehead atoms. The Morgan fingerprint density at radius 2 is 1.57 bits per heavy atom. The Bertz CT molecular complexity index is 1240. The zero-order chi connectivity index (χ0) is 18.7. The largest absolute Gasteiger partial charge is 0.384 e. The molecule has 0 spiro atoms. The van der Waals surface area contributed by atoms with E-state index in [1.54, 1.807) is 0 Å². The first-order valence-corrected chi connectivity index (χ1v) is 10.0. The molecule has 2 unspecified atom stereocenters. The van der Waals surface area contributed by atoms with E-state index < -0.39 is 5.41 Å². The fourth-order valence-electron chi connectivity index (χ4n) is 5.15. The first-order valence-electron chi connectivity index (χ1n) is 9.60. The summed E-state index contributed by atoms with van der Waals surface area (Å²) in [5.41, 5.74) is 6.88. The molecule has 0 amide bonds. The summed E-state index contributed by atoms with van der Waals surface area (Å²) in [5.74, 6) is 0.214. The van der Waals surface area contributed by atoms with Crippen molar-refractivity contribution in [3.8, 4) is 0 Å². The lowest BCUT2D eigenvalue weighted by Gasteiger charge is -2.36. The second-order valence-electron chi connectivity index (χ2n) is 7.58. The van der Waals surface area contributed by atoms with Gasteiger partial charge < -0.3 is 15.6 Å². The van der Waals surface area contributed by atoms with Gasteiger partial charge in [-0.2, -0.15) is 0 Å². The van der Waals surface area contributed by atoms with E-state index in [1.807, 2.05) is 0 Å². The average Bonchev–Trinajstić information content (AvgIpc) is 3.42. The number of H-pyrrole nitrogens is 1. The Morgan fingerprint density at radius 1 is 0.821 bits per heavy atom. The summed E-state index contributed by atoms with van der Waals surface area (Å²) in [4.78, 5) is 4.36. The normalized spacial score (nSPS) is 22.6. The Balaban J connectivity index is 1.71. The molecule has 0 fully saturated rings. The molecular weight excluding hydrogens is 362 g/mol. The third kappa shape index (κ3) is 1.90. The minimum absolute atomic E-state index is 0.214. The summed E-state index contributed by atoms with van der Waals surface area (Å²) in [6.07, 6.45) is 2.15. The van der Waals surface area contributed by atoms with Crippen LogP contribution in [-0.4, -0.2) is 16.5 Å². The lowest BCUT2D eigenvalue weighted by Crippen LogP contribution is -2.41. The van der Waals surface area contributed by atoms with Crippen molar-refractivity contribution in [1.29, 1.82) is 0 Å². The lowest BCUT2D eigenvalue weighted by atomic mass is 9.65. The maximum Gasteiger partial charge on any atom is 0.0958 e. The number of hydrogen-bond donors (Lipinski definition) is 3. The van der Waals surface area contributed by atoms with Gasteiger partial charge in [0.1, 0.15) is 0 Å². The zero-order valence-electron chi connectivity index (χ0n) is 15.2. The number of fused-ring (bicyclic) bond motifs is 3. The molecule has 2 aliphatic heterocycles. The highest BCUT2D eigenvalue weighted by atomic mass is 32.1. The summed E-state index contributed by atoms with van der Waals surface area (Å²) in [6.45, 7) is 0.856. The molecule has 0 saturated heterocycles. The van der Waals surface area contributed by atoms with E-state index in [2.05, 4.69) is 94.6 Å². The summed E-state index contributed by atoms with van der Waals surface area (Å²) in [7, 11) is 0. The maximum atomic E-state index is 6.08. The van der Waals surface area contributed by atoms with Gasteiger partial charge in [0.15, 0.2) is 0 Å². The number of rotatable bonds is 2. The molecule has 0 aliphatic carbocycles. The van der Waals surface area contributed by atoms with Gasteiger partial charge in [0, 0.05) is 40.9 Å². The number of benzene rings is 3. The molecule has 136 valence electrons. The van der Waals surface area contributed by atoms with Crippen LogP contribution in [0.2, 0.25) is 0 Å². The highest BCUT2D eigenvalue weighted by Crippen LogP contribution is 2.56. The molecular formula is C24H19N3S. The fourth-order valence-corrected chi connectivity index (χ4v) is 5.62. The molecule has 4 heteroatoms. The number of para-hydroxylation sites is 3. The van der Waals surface area contributed by atoms with Crippen molar-refractivity contribution in [3.63, 3.8) is 0 Å². The van der Waals surface area contributed by atoms with E-state index in [1.165, 1.54) is 27.8 Å². The molecule has 0 saturated carbocycles. The zero-order valence-corrected chi connectivity index (χ0v) is 16.0. The van der Waals surface area contributed by atoms with Crippen LogP contribution >= 0.6 is 12.2 Å². The van der Waals surface area contributed by atoms with Crippen molar-refractivity contribution in [3.05, 3.63) is 95.7 Å². The average molecular weight is 382 g/mol. The number of thiocarbonyl (C=S) groups is 1. The summed E-state index contributed by atoms with van der Waals surface area (Å²) >= 11 is 6.08. The van der Waals surface area contributed by atoms with Crippen LogP contribution in [0.1, 0.15) is 22.6 Å². The monoisotopic (exact) mass is 381 g/mol. The second kappa shape index (κ2) is 5.69. The molecule has 6 rings (SSSR count). The van der Waals surface area contributed by atoms with Crippen LogP contribution in [0.5, 0.6) is 0 Å². The highest BCUT2D eigenvalue weighted by molar-refractivity contribution is 7.80. The SMILES string of the molecule is S=C1Nc2ccccc2C1(c1c[nH]c2ccccc12)C1CNc2ccccc21. The van der Waals surface area contributed by atoms with Gasteiger partial charge in [0.05, 0.1) is 10.4 Å². The minimum Gasteiger partial charge on any atom is -0.384 e. The van der Waals surface area contributed by atoms with E-state index >= 15 is 0 Å². The van der Waals surface area contributed by atoms with E-state index in [9.17, 15) is 0 Å². The Hall–Kier alpha value is -3.11. The lowest BCUT2D eigenvalue weighted by molar-refractivity contribution is 0.580. The molecule has 28 heavy (non-hydrogen) atoms. The molecule has 2 atom stereocenters. The second-order valence-corrected chi connectivity index (χ2v) is 7.98. The molecule has 1 aromatic heterocycles. The summed E-state index contributed by atoms with van der Waals surface area (Å²) in [6, 6.07) is 25.7. The van der Waals surface area contributed by atoms with E-state index in [0.717, 1.165) is 22.7 Å². The van der Waals surface area contributed by atoms with Crippen LogP contribution in [0, 0.1) is 0 Å². The first kappa shape index (κ1) is 15.9. The van der Waals surface area contributed by atoms with Gasteiger partial charge >= 0.3 is 0 Å². The fraction of sp³-hybridized carbons (Fsp3) is 0.125. The number of nitrogens with one attached hydrogen (secondary N) is 3. The number of aromatic amines is 1. The van der Waals surface area contributed by atoms with Crippen LogP contribution in [0.4, 0.5) is 11.4 Å². The number of hydrogen-bond acceptors (Lipinski definition) is 2. The van der Waals surface area contributed by atoms with Crippen molar-refractivity contribution >= 4 is 39.5 Å². The first-order chi connectivity index (χ1) is 13.8. The van der Waals surface area contributed by atoms with Crippen LogP contribution in [0.3, 0.4) is 0 Å². The van der Waals surface area contributed by atoms with Gasteiger partial charge in [-0.3, -0.25) is 0 Å². The minimum atomic E-state index is -0.412. The smallest absolute Gasteiger partial charge is 0.0958 e. The standard InChI is InChI=1S/C24H19N3S/c28-23-24(17-9-3-6-12-22(17)27-23,18-13-25-20-10-4-1-7-15(18)20)19-14-26-21-11-5-2-8-16(19)21/h1-13,19,25-26H,14H2,(H,27,28). The molecule has 0 radical (unpaired) electrons. The topological polar surface area (TPSA) is 39.9 Å². The van der Waals surface area contributed by atoms with Crippen LogP contribution in [0.15, 0.2) is 79.0 Å². The number of anilines is 2. The molecule has 3 aromatic carbocycles. The van der Waals surface area contributed by atoms with E-state index in [-0.39, 0.29) is 5.92 Å². The predicted octanol–water partition coefficient (Wildman–Crippen LogP) is 5.42. The van der Waals surface area contributed by atoms with Crippen molar-refractivity contribution in [1.82, 2.24) is 4.98 Å². The third-order valence-corrected chi connectivity index (χ3v) is 6.75. The molecule has 3 heterocycles. The maximum absolute atomic E-state index is 6.08. The van der Waals surface area contributed by atoms with E-state index in [4.69, 9.17) is 12.2 Å². The van der Waals surface area contributed by atoms with Crippen LogP contribution in [-0.2, 0) is 5.41 Å². The summed E-state index contributed by atoms with van der Waals surface area (Å²) < 4.78 is 0. The molecule has 3 nitrogen and oxygen atoms in total. The highest BCUT2D eigenvalue weighted by Gasteiger charge is 2.54. The van der Waals surface area contributed by atoms with Crippen molar-refractivity contribution in [2.45, 2.75) is 11.3 Å². The number of aromatic nitrogens is 1. The Kier molecular flexibility index (Phi) is 3.23.